The summed E-state index contributed by atoms with van der Waals surface area (Å²) in [5.41, 5.74) is 3.14. The third kappa shape index (κ3) is 4.74. The van der Waals surface area contributed by atoms with Crippen LogP contribution >= 0.6 is 23.2 Å². The maximum absolute atomic E-state index is 12.9. The molecule has 0 spiro atoms. The number of hydrogen-bond donors (Lipinski definition) is 0. The van der Waals surface area contributed by atoms with E-state index in [1.54, 1.807) is 48.3 Å². The smallest absolute Gasteiger partial charge is 0.254 e. The van der Waals surface area contributed by atoms with Gasteiger partial charge in [0, 0.05) is 22.7 Å². The average molecular weight is 433 g/mol. The predicted octanol–water partition coefficient (Wildman–Crippen LogP) is 6.01. The van der Waals surface area contributed by atoms with Crippen LogP contribution in [0.4, 0.5) is 0 Å². The maximum Gasteiger partial charge on any atom is 0.254 e. The second-order valence-corrected chi connectivity index (χ2v) is 7.72. The zero-order valence-electron chi connectivity index (χ0n) is 16.7. The van der Waals surface area contributed by atoms with Gasteiger partial charge in [-0.25, -0.2) is 0 Å². The number of benzene rings is 2. The number of halogens is 2. The first-order valence-corrected chi connectivity index (χ1v) is 9.90. The molecule has 0 bridgehead atoms. The van der Waals surface area contributed by atoms with Gasteiger partial charge in [0.05, 0.1) is 17.3 Å². The number of nitrogens with zero attached hydrogens (tertiary/aromatic N) is 2. The highest BCUT2D eigenvalue weighted by Crippen LogP contribution is 2.30. The molecule has 0 fully saturated rings. The fraction of sp³-hybridized carbons (Fsp3) is 0.273. The van der Waals surface area contributed by atoms with Crippen molar-refractivity contribution in [1.29, 1.82) is 0 Å². The second-order valence-electron chi connectivity index (χ2n) is 6.87. The van der Waals surface area contributed by atoms with Gasteiger partial charge in [0.25, 0.3) is 5.91 Å². The van der Waals surface area contributed by atoms with Gasteiger partial charge in [0.1, 0.15) is 18.1 Å². The summed E-state index contributed by atoms with van der Waals surface area (Å²) in [5, 5.41) is 5.01. The lowest BCUT2D eigenvalue weighted by Crippen LogP contribution is -2.29. The molecule has 1 aromatic heterocycles. The summed E-state index contributed by atoms with van der Waals surface area (Å²) in [7, 11) is 1.75. The van der Waals surface area contributed by atoms with Crippen LogP contribution in [-0.4, -0.2) is 23.0 Å². The van der Waals surface area contributed by atoms with Gasteiger partial charge < -0.3 is 14.2 Å². The molecule has 5 nitrogen and oxygen atoms in total. The highest BCUT2D eigenvalue weighted by molar-refractivity contribution is 6.35. The monoisotopic (exact) mass is 432 g/mol. The Balaban J connectivity index is 1.67. The highest BCUT2D eigenvalue weighted by Gasteiger charge is 2.21. The van der Waals surface area contributed by atoms with Crippen LogP contribution in [0.3, 0.4) is 0 Å². The first-order chi connectivity index (χ1) is 13.8. The first kappa shape index (κ1) is 21.2. The maximum atomic E-state index is 12.9. The van der Waals surface area contributed by atoms with Gasteiger partial charge in [-0.3, -0.25) is 4.79 Å². The lowest BCUT2D eigenvalue weighted by Gasteiger charge is -2.26. The van der Waals surface area contributed by atoms with Crippen molar-refractivity contribution in [3.63, 3.8) is 0 Å². The van der Waals surface area contributed by atoms with Crippen LogP contribution in [0, 0.1) is 13.8 Å². The van der Waals surface area contributed by atoms with Crippen LogP contribution in [0.25, 0.3) is 0 Å². The minimum absolute atomic E-state index is 0.110. The molecule has 7 heteroatoms. The molecule has 0 aliphatic heterocycles. The van der Waals surface area contributed by atoms with Crippen molar-refractivity contribution in [2.24, 2.45) is 0 Å². The Morgan fingerprint density at radius 1 is 1.17 bits per heavy atom. The van der Waals surface area contributed by atoms with E-state index in [4.69, 9.17) is 32.5 Å². The van der Waals surface area contributed by atoms with Gasteiger partial charge in [-0.15, -0.1) is 0 Å². The third-order valence-electron chi connectivity index (χ3n) is 4.98. The number of carbonyl (C=O) groups excluding carboxylic acids is 1. The van der Waals surface area contributed by atoms with E-state index in [0.29, 0.717) is 28.0 Å². The second kappa shape index (κ2) is 8.89. The minimum atomic E-state index is -0.206. The summed E-state index contributed by atoms with van der Waals surface area (Å²) >= 11 is 12.3. The molecule has 3 aromatic rings. The summed E-state index contributed by atoms with van der Waals surface area (Å²) < 4.78 is 10.9. The fourth-order valence-electron chi connectivity index (χ4n) is 2.99. The van der Waals surface area contributed by atoms with Gasteiger partial charge >= 0.3 is 0 Å². The van der Waals surface area contributed by atoms with E-state index < -0.39 is 0 Å². The Bertz CT molecular complexity index is 996. The number of aromatic nitrogens is 1. The SMILES string of the molecule is Cc1noc(C)c1COc1ccc(C(=O)N(C)C(C)c2ccc(Cl)cc2Cl)cc1. The van der Waals surface area contributed by atoms with Crippen LogP contribution < -0.4 is 4.74 Å². The van der Waals surface area contributed by atoms with Crippen LogP contribution in [0.5, 0.6) is 5.75 Å². The van der Waals surface area contributed by atoms with Crippen molar-refractivity contribution >= 4 is 29.1 Å². The molecule has 1 unspecified atom stereocenters. The van der Waals surface area contributed by atoms with Gasteiger partial charge in [-0.1, -0.05) is 34.4 Å². The zero-order chi connectivity index (χ0) is 21.1. The Hall–Kier alpha value is -2.50. The van der Waals surface area contributed by atoms with E-state index in [0.717, 1.165) is 22.6 Å². The highest BCUT2D eigenvalue weighted by atomic mass is 35.5. The van der Waals surface area contributed by atoms with Crippen LogP contribution in [0.15, 0.2) is 47.0 Å². The van der Waals surface area contributed by atoms with E-state index in [2.05, 4.69) is 5.16 Å². The van der Waals surface area contributed by atoms with Gasteiger partial charge in [-0.2, -0.15) is 0 Å². The summed E-state index contributed by atoms with van der Waals surface area (Å²) in [6.07, 6.45) is 0. The fourth-order valence-corrected chi connectivity index (χ4v) is 3.55. The normalized spacial score (nSPS) is 11.9. The Morgan fingerprint density at radius 3 is 2.45 bits per heavy atom. The van der Waals surface area contributed by atoms with Crippen LogP contribution in [0.2, 0.25) is 10.0 Å². The number of ether oxygens (including phenoxy) is 1. The molecule has 29 heavy (non-hydrogen) atoms. The summed E-state index contributed by atoms with van der Waals surface area (Å²) in [6.45, 7) is 6.01. The molecule has 1 amide bonds. The molecular formula is C22H22Cl2N2O3. The molecule has 1 heterocycles. The van der Waals surface area contributed by atoms with E-state index >= 15 is 0 Å². The van der Waals surface area contributed by atoms with Crippen molar-refractivity contribution in [3.05, 3.63) is 80.7 Å². The van der Waals surface area contributed by atoms with Crippen molar-refractivity contribution in [2.45, 2.75) is 33.4 Å². The van der Waals surface area contributed by atoms with Gasteiger partial charge in [0.2, 0.25) is 0 Å². The lowest BCUT2D eigenvalue weighted by atomic mass is 10.1. The molecule has 1 atom stereocenters. The number of aryl methyl sites for hydroxylation is 2. The molecule has 0 N–H and O–H groups in total. The Kier molecular flexibility index (Phi) is 6.50. The molecule has 2 aromatic carbocycles. The van der Waals surface area contributed by atoms with E-state index in [-0.39, 0.29) is 11.9 Å². The van der Waals surface area contributed by atoms with Crippen molar-refractivity contribution in [1.82, 2.24) is 10.1 Å². The van der Waals surface area contributed by atoms with E-state index in [1.165, 1.54) is 0 Å². The van der Waals surface area contributed by atoms with Crippen LogP contribution in [-0.2, 0) is 6.61 Å². The molecular weight excluding hydrogens is 411 g/mol. The topological polar surface area (TPSA) is 55.6 Å². The molecule has 3 rings (SSSR count). The van der Waals surface area contributed by atoms with Crippen molar-refractivity contribution in [2.75, 3.05) is 7.05 Å². The summed E-state index contributed by atoms with van der Waals surface area (Å²) in [5.74, 6) is 1.30. The molecule has 0 saturated carbocycles. The number of hydrogen-bond acceptors (Lipinski definition) is 4. The Labute approximate surface area is 180 Å². The standard InChI is InChI=1S/C22H22Cl2N2O3/c1-13-20(15(3)29-25-13)12-28-18-8-5-16(6-9-18)22(27)26(4)14(2)19-10-7-17(23)11-21(19)24/h5-11,14H,12H2,1-4H3. The number of amides is 1. The minimum Gasteiger partial charge on any atom is -0.489 e. The lowest BCUT2D eigenvalue weighted by molar-refractivity contribution is 0.0742. The van der Waals surface area contributed by atoms with E-state index in [1.807, 2.05) is 26.8 Å². The molecule has 0 saturated heterocycles. The van der Waals surface area contributed by atoms with E-state index in [9.17, 15) is 4.79 Å². The largest absolute Gasteiger partial charge is 0.489 e. The predicted molar refractivity (Wildman–Crippen MR) is 114 cm³/mol. The molecule has 0 radical (unpaired) electrons. The number of carbonyl (C=O) groups is 1. The molecule has 0 aliphatic rings. The number of rotatable bonds is 6. The third-order valence-corrected chi connectivity index (χ3v) is 5.54. The van der Waals surface area contributed by atoms with Crippen molar-refractivity contribution < 1.29 is 14.1 Å². The average Bonchev–Trinajstić information content (AvgIpc) is 3.02. The first-order valence-electron chi connectivity index (χ1n) is 9.14. The summed E-state index contributed by atoms with van der Waals surface area (Å²) in [6, 6.07) is 12.1. The van der Waals surface area contributed by atoms with Crippen LogP contribution in [0.1, 0.15) is 45.9 Å². The quantitative estimate of drug-likeness (QED) is 0.478. The molecule has 152 valence electrons. The Morgan fingerprint density at radius 2 is 1.86 bits per heavy atom. The summed E-state index contributed by atoms with van der Waals surface area (Å²) in [4.78, 5) is 14.5. The molecule has 0 aliphatic carbocycles. The van der Waals surface area contributed by atoms with Crippen molar-refractivity contribution in [3.8, 4) is 5.75 Å². The van der Waals surface area contributed by atoms with Gasteiger partial charge in [-0.05, 0) is 62.7 Å². The zero-order valence-corrected chi connectivity index (χ0v) is 18.2. The van der Waals surface area contributed by atoms with Gasteiger partial charge in [0.15, 0.2) is 0 Å².